The lowest BCUT2D eigenvalue weighted by Gasteiger charge is -2.10. The number of hydrogen-bond donors (Lipinski definition) is 4. The number of amides is 4. The van der Waals surface area contributed by atoms with Crippen LogP contribution >= 0.6 is 0 Å². The van der Waals surface area contributed by atoms with E-state index >= 15 is 0 Å². The van der Waals surface area contributed by atoms with E-state index < -0.39 is 17.5 Å². The summed E-state index contributed by atoms with van der Waals surface area (Å²) in [4.78, 5) is 35.4. The second-order valence-electron chi connectivity index (χ2n) is 5.74. The molecule has 0 saturated heterocycles. The van der Waals surface area contributed by atoms with Crippen LogP contribution in [-0.4, -0.2) is 30.9 Å². The highest BCUT2D eigenvalue weighted by Gasteiger charge is 2.12. The third kappa shape index (κ3) is 6.35. The normalized spacial score (nSPS) is 10.1. The van der Waals surface area contributed by atoms with Crippen LogP contribution in [0, 0.1) is 11.6 Å². The number of carbonyl (C=O) groups is 3. The van der Waals surface area contributed by atoms with Crippen molar-refractivity contribution in [2.45, 2.75) is 13.3 Å². The first-order chi connectivity index (χ1) is 13.4. The Bertz CT molecular complexity index is 874. The minimum Gasteiger partial charge on any atom is -0.351 e. The SMILES string of the molecule is CCNC(=O)Nc1cccc(NC(=O)CCNC(=O)c2ccc(F)cc2F)c1. The topological polar surface area (TPSA) is 99.3 Å². The third-order valence-electron chi connectivity index (χ3n) is 3.55. The average Bonchev–Trinajstić information content (AvgIpc) is 2.62. The summed E-state index contributed by atoms with van der Waals surface area (Å²) in [6.45, 7) is 2.24. The van der Waals surface area contributed by atoms with E-state index in [9.17, 15) is 23.2 Å². The van der Waals surface area contributed by atoms with Crippen LogP contribution in [0.2, 0.25) is 0 Å². The zero-order valence-corrected chi connectivity index (χ0v) is 15.1. The molecule has 0 saturated carbocycles. The van der Waals surface area contributed by atoms with Crippen molar-refractivity contribution in [3.8, 4) is 0 Å². The Hall–Kier alpha value is -3.49. The molecule has 28 heavy (non-hydrogen) atoms. The first-order valence-electron chi connectivity index (χ1n) is 8.57. The number of urea groups is 1. The average molecular weight is 390 g/mol. The Balaban J connectivity index is 1.82. The van der Waals surface area contributed by atoms with Crippen LogP contribution in [-0.2, 0) is 4.79 Å². The highest BCUT2D eigenvalue weighted by molar-refractivity contribution is 5.96. The van der Waals surface area contributed by atoms with E-state index in [0.29, 0.717) is 24.0 Å². The number of benzene rings is 2. The molecule has 0 heterocycles. The van der Waals surface area contributed by atoms with Gasteiger partial charge in [-0.05, 0) is 37.3 Å². The molecule has 148 valence electrons. The lowest BCUT2D eigenvalue weighted by Crippen LogP contribution is -2.28. The molecule has 0 bridgehead atoms. The van der Waals surface area contributed by atoms with Crippen LogP contribution in [0.5, 0.6) is 0 Å². The predicted molar refractivity (Wildman–Crippen MR) is 101 cm³/mol. The summed E-state index contributed by atoms with van der Waals surface area (Å²) in [5.41, 5.74) is 0.671. The molecule has 0 aliphatic heterocycles. The molecular weight excluding hydrogens is 370 g/mol. The van der Waals surface area contributed by atoms with Gasteiger partial charge in [-0.25, -0.2) is 13.6 Å². The van der Waals surface area contributed by atoms with Crippen LogP contribution in [0.25, 0.3) is 0 Å². The zero-order valence-electron chi connectivity index (χ0n) is 15.1. The summed E-state index contributed by atoms with van der Waals surface area (Å²) in [6.07, 6.45) is -0.0530. The first-order valence-corrected chi connectivity index (χ1v) is 8.57. The van der Waals surface area contributed by atoms with E-state index in [1.54, 1.807) is 31.2 Å². The predicted octanol–water partition coefficient (Wildman–Crippen LogP) is 2.86. The fourth-order valence-electron chi connectivity index (χ4n) is 2.29. The Kier molecular flexibility index (Phi) is 7.44. The lowest BCUT2D eigenvalue weighted by molar-refractivity contribution is -0.116. The van der Waals surface area contributed by atoms with Crippen molar-refractivity contribution in [1.82, 2.24) is 10.6 Å². The molecule has 7 nitrogen and oxygen atoms in total. The Labute approximate surface area is 160 Å². The van der Waals surface area contributed by atoms with Crippen LogP contribution in [0.15, 0.2) is 42.5 Å². The van der Waals surface area contributed by atoms with Gasteiger partial charge in [-0.2, -0.15) is 0 Å². The fourth-order valence-corrected chi connectivity index (χ4v) is 2.29. The molecule has 4 N–H and O–H groups in total. The number of anilines is 2. The van der Waals surface area contributed by atoms with E-state index in [2.05, 4.69) is 21.3 Å². The minimum atomic E-state index is -0.974. The standard InChI is InChI=1S/C19H20F2N4O3/c1-2-22-19(28)25-14-5-3-4-13(11-14)24-17(26)8-9-23-18(27)15-7-6-12(20)10-16(15)21/h3-7,10-11H,2,8-9H2,1H3,(H,23,27)(H,24,26)(H2,22,25,28). The summed E-state index contributed by atoms with van der Waals surface area (Å²) in [7, 11) is 0. The summed E-state index contributed by atoms with van der Waals surface area (Å²) >= 11 is 0. The van der Waals surface area contributed by atoms with Crippen LogP contribution in [0.3, 0.4) is 0 Å². The molecule has 9 heteroatoms. The Morgan fingerprint density at radius 2 is 1.64 bits per heavy atom. The summed E-state index contributed by atoms with van der Waals surface area (Å²) in [5, 5.41) is 10.2. The van der Waals surface area contributed by atoms with Gasteiger partial charge in [0.25, 0.3) is 5.91 Å². The number of hydrogen-bond acceptors (Lipinski definition) is 3. The molecule has 0 fully saturated rings. The van der Waals surface area contributed by atoms with Crippen molar-refractivity contribution in [3.05, 3.63) is 59.7 Å². The maximum Gasteiger partial charge on any atom is 0.319 e. The van der Waals surface area contributed by atoms with E-state index in [1.807, 2.05) is 0 Å². The number of rotatable bonds is 7. The largest absolute Gasteiger partial charge is 0.351 e. The monoisotopic (exact) mass is 390 g/mol. The number of carbonyl (C=O) groups excluding carboxylic acids is 3. The molecule has 0 unspecified atom stereocenters. The second-order valence-corrected chi connectivity index (χ2v) is 5.74. The van der Waals surface area contributed by atoms with Crippen molar-refractivity contribution in [2.24, 2.45) is 0 Å². The van der Waals surface area contributed by atoms with E-state index in [0.717, 1.165) is 12.1 Å². The van der Waals surface area contributed by atoms with Crippen molar-refractivity contribution in [3.63, 3.8) is 0 Å². The molecule has 0 radical (unpaired) electrons. The van der Waals surface area contributed by atoms with Gasteiger partial charge in [-0.1, -0.05) is 6.07 Å². The Morgan fingerprint density at radius 3 is 2.32 bits per heavy atom. The minimum absolute atomic E-state index is 0.0294. The Morgan fingerprint density at radius 1 is 0.929 bits per heavy atom. The smallest absolute Gasteiger partial charge is 0.319 e. The molecule has 2 aromatic rings. The molecule has 0 atom stereocenters. The molecule has 4 amide bonds. The molecule has 0 aliphatic rings. The van der Waals surface area contributed by atoms with Crippen LogP contribution in [0.1, 0.15) is 23.7 Å². The van der Waals surface area contributed by atoms with Crippen molar-refractivity contribution in [1.29, 1.82) is 0 Å². The summed E-state index contributed by atoms with van der Waals surface area (Å²) in [5.74, 6) is -2.87. The van der Waals surface area contributed by atoms with Gasteiger partial charge in [0.15, 0.2) is 0 Å². The van der Waals surface area contributed by atoms with Gasteiger partial charge in [0.05, 0.1) is 5.56 Å². The quantitative estimate of drug-likeness (QED) is 0.585. The van der Waals surface area contributed by atoms with E-state index in [-0.39, 0.29) is 30.5 Å². The molecule has 0 spiro atoms. The number of nitrogens with one attached hydrogen (secondary N) is 4. The summed E-state index contributed by atoms with van der Waals surface area (Å²) < 4.78 is 26.4. The molecule has 0 aliphatic carbocycles. The van der Waals surface area contributed by atoms with Gasteiger partial charge in [0.2, 0.25) is 5.91 Å². The lowest BCUT2D eigenvalue weighted by atomic mass is 10.2. The maximum absolute atomic E-state index is 13.5. The van der Waals surface area contributed by atoms with Gasteiger partial charge in [-0.3, -0.25) is 9.59 Å². The van der Waals surface area contributed by atoms with E-state index in [1.165, 1.54) is 0 Å². The highest BCUT2D eigenvalue weighted by Crippen LogP contribution is 2.15. The third-order valence-corrected chi connectivity index (χ3v) is 3.55. The zero-order chi connectivity index (χ0) is 20.5. The molecule has 0 aromatic heterocycles. The molecular formula is C19H20F2N4O3. The second kappa shape index (κ2) is 10.0. The number of halogens is 2. The van der Waals surface area contributed by atoms with Crippen LogP contribution < -0.4 is 21.3 Å². The van der Waals surface area contributed by atoms with Gasteiger partial charge in [-0.15, -0.1) is 0 Å². The van der Waals surface area contributed by atoms with Gasteiger partial charge >= 0.3 is 6.03 Å². The molecule has 2 rings (SSSR count). The van der Waals surface area contributed by atoms with Gasteiger partial charge < -0.3 is 21.3 Å². The molecule has 2 aromatic carbocycles. The fraction of sp³-hybridized carbons (Fsp3) is 0.211. The van der Waals surface area contributed by atoms with E-state index in [4.69, 9.17) is 0 Å². The van der Waals surface area contributed by atoms with Crippen molar-refractivity contribution >= 4 is 29.2 Å². The first kappa shape index (κ1) is 20.8. The van der Waals surface area contributed by atoms with Crippen molar-refractivity contribution in [2.75, 3.05) is 23.7 Å². The summed E-state index contributed by atoms with van der Waals surface area (Å²) in [6, 6.07) is 8.83. The van der Waals surface area contributed by atoms with Gasteiger partial charge in [0.1, 0.15) is 11.6 Å². The highest BCUT2D eigenvalue weighted by atomic mass is 19.1. The van der Waals surface area contributed by atoms with Crippen LogP contribution in [0.4, 0.5) is 25.0 Å². The van der Waals surface area contributed by atoms with Gasteiger partial charge in [0, 0.05) is 37.0 Å². The maximum atomic E-state index is 13.5. The van der Waals surface area contributed by atoms with Crippen molar-refractivity contribution < 1.29 is 23.2 Å².